The first kappa shape index (κ1) is 23.7. The number of fused-ring (bicyclic) bond motifs is 3. The summed E-state index contributed by atoms with van der Waals surface area (Å²) in [4.78, 5) is 23.9. The van der Waals surface area contributed by atoms with Crippen molar-refractivity contribution in [2.75, 3.05) is 19.5 Å². The van der Waals surface area contributed by atoms with Crippen LogP contribution in [0.3, 0.4) is 0 Å². The van der Waals surface area contributed by atoms with Crippen molar-refractivity contribution in [3.05, 3.63) is 89.5 Å². The predicted octanol–water partition coefficient (Wildman–Crippen LogP) is 5.31. The number of thioether (sulfide) groups is 1. The number of nitrogens with one attached hydrogen (secondary N) is 1. The number of amides is 1. The van der Waals surface area contributed by atoms with E-state index in [0.717, 1.165) is 11.3 Å². The quantitative estimate of drug-likeness (QED) is 0.412. The van der Waals surface area contributed by atoms with Crippen LogP contribution in [0.15, 0.2) is 72.8 Å². The molecule has 0 fully saturated rings. The second-order valence-corrected chi connectivity index (χ2v) is 9.08. The molecule has 2 N–H and O–H groups in total. The smallest absolute Gasteiger partial charge is 0.407 e. The molecule has 0 aromatic heterocycles. The zero-order valence-corrected chi connectivity index (χ0v) is 19.7. The number of methoxy groups -OCH3 is 1. The highest BCUT2D eigenvalue weighted by molar-refractivity contribution is 7.98. The first-order chi connectivity index (χ1) is 16.6. The molecule has 1 atom stereocenters. The summed E-state index contributed by atoms with van der Waals surface area (Å²) < 4.78 is 10.5. The third-order valence-corrected chi connectivity index (χ3v) is 7.01. The van der Waals surface area contributed by atoms with Crippen molar-refractivity contribution in [3.63, 3.8) is 0 Å². The molecule has 3 aromatic rings. The minimum atomic E-state index is -1.09. The number of aliphatic carboxylic acids is 1. The maximum Gasteiger partial charge on any atom is 0.407 e. The van der Waals surface area contributed by atoms with E-state index >= 15 is 0 Å². The Morgan fingerprint density at radius 3 is 2.18 bits per heavy atom. The molecule has 0 unspecified atom stereocenters. The molecule has 0 heterocycles. The number of carboxylic acid groups (broad SMARTS) is 1. The van der Waals surface area contributed by atoms with Crippen LogP contribution in [0.4, 0.5) is 4.79 Å². The summed E-state index contributed by atoms with van der Waals surface area (Å²) in [6.45, 7) is 0.199. The number of ether oxygens (including phenoxy) is 2. The number of alkyl carbamates (subject to hydrolysis) is 1. The summed E-state index contributed by atoms with van der Waals surface area (Å²) in [5.74, 6) is 0.699. The summed E-state index contributed by atoms with van der Waals surface area (Å²) in [5.41, 5.74) is 5.94. The second kappa shape index (κ2) is 11.1. The molecular weight excluding hydrogens is 450 g/mol. The van der Waals surface area contributed by atoms with Gasteiger partial charge in [0.1, 0.15) is 11.8 Å². The summed E-state index contributed by atoms with van der Waals surface area (Å²) >= 11 is 1.44. The Labute approximate surface area is 203 Å². The van der Waals surface area contributed by atoms with Gasteiger partial charge in [0.05, 0.1) is 13.7 Å². The molecule has 1 aliphatic rings. The molecule has 0 spiro atoms. The van der Waals surface area contributed by atoms with Gasteiger partial charge in [-0.3, -0.25) is 0 Å². The lowest BCUT2D eigenvalue weighted by atomic mass is 9.94. The number of rotatable bonds is 10. The standard InChI is InChI=1S/C27H27NO5S/c1-32-19-12-10-18(11-13-19)16-34-17-25(26(29)30)28-27(31)33-15-14-24-22-8-4-2-6-20(22)21-7-3-5-9-23(21)24/h2-13,24-25H,14-17H2,1H3,(H,28,31)(H,29,30)/t25-/m1/s1. The van der Waals surface area contributed by atoms with E-state index in [0.29, 0.717) is 12.2 Å². The molecule has 176 valence electrons. The Hall–Kier alpha value is -3.45. The summed E-state index contributed by atoms with van der Waals surface area (Å²) in [5, 5.41) is 12.0. The van der Waals surface area contributed by atoms with Crippen LogP contribution in [-0.2, 0) is 15.3 Å². The van der Waals surface area contributed by atoms with E-state index < -0.39 is 18.1 Å². The minimum Gasteiger partial charge on any atom is -0.497 e. The van der Waals surface area contributed by atoms with Crippen molar-refractivity contribution < 1.29 is 24.2 Å². The Bertz CT molecular complexity index is 1100. The predicted molar refractivity (Wildman–Crippen MR) is 133 cm³/mol. The lowest BCUT2D eigenvalue weighted by molar-refractivity contribution is -0.138. The molecule has 0 saturated heterocycles. The van der Waals surface area contributed by atoms with Crippen molar-refractivity contribution in [3.8, 4) is 16.9 Å². The first-order valence-corrected chi connectivity index (χ1v) is 12.3. The highest BCUT2D eigenvalue weighted by atomic mass is 32.2. The van der Waals surface area contributed by atoms with E-state index in [9.17, 15) is 14.7 Å². The minimum absolute atomic E-state index is 0.149. The van der Waals surface area contributed by atoms with Crippen LogP contribution in [0.2, 0.25) is 0 Å². The number of carbonyl (C=O) groups excluding carboxylic acids is 1. The molecule has 0 radical (unpaired) electrons. The fourth-order valence-corrected chi connectivity index (χ4v) is 5.22. The summed E-state index contributed by atoms with van der Waals surface area (Å²) in [6, 6.07) is 23.1. The van der Waals surface area contributed by atoms with Crippen molar-refractivity contribution in [1.29, 1.82) is 0 Å². The highest BCUT2D eigenvalue weighted by Crippen LogP contribution is 2.45. The molecule has 7 heteroatoms. The van der Waals surface area contributed by atoms with E-state index in [2.05, 4.69) is 29.6 Å². The van der Waals surface area contributed by atoms with Crippen molar-refractivity contribution in [2.45, 2.75) is 24.1 Å². The molecule has 0 aliphatic heterocycles. The molecule has 1 amide bonds. The molecule has 3 aromatic carbocycles. The van der Waals surface area contributed by atoms with E-state index in [4.69, 9.17) is 9.47 Å². The topological polar surface area (TPSA) is 84.9 Å². The van der Waals surface area contributed by atoms with Gasteiger partial charge in [0, 0.05) is 17.4 Å². The second-order valence-electron chi connectivity index (χ2n) is 8.05. The van der Waals surface area contributed by atoms with Crippen LogP contribution < -0.4 is 10.1 Å². The van der Waals surface area contributed by atoms with E-state index in [-0.39, 0.29) is 18.3 Å². The monoisotopic (exact) mass is 477 g/mol. The van der Waals surface area contributed by atoms with Gasteiger partial charge >= 0.3 is 12.1 Å². The van der Waals surface area contributed by atoms with Gasteiger partial charge in [0.15, 0.2) is 0 Å². The van der Waals surface area contributed by atoms with Gasteiger partial charge in [-0.1, -0.05) is 60.7 Å². The van der Waals surface area contributed by atoms with Crippen LogP contribution in [-0.4, -0.2) is 42.7 Å². The molecule has 1 aliphatic carbocycles. The maximum atomic E-state index is 12.3. The maximum absolute atomic E-state index is 12.3. The number of carbonyl (C=O) groups is 2. The number of benzene rings is 3. The Morgan fingerprint density at radius 2 is 1.59 bits per heavy atom. The Balaban J connectivity index is 1.26. The molecule has 0 bridgehead atoms. The van der Waals surface area contributed by atoms with Gasteiger partial charge < -0.3 is 19.9 Å². The lowest BCUT2D eigenvalue weighted by Crippen LogP contribution is -2.43. The van der Waals surface area contributed by atoms with Gasteiger partial charge in [-0.15, -0.1) is 0 Å². The van der Waals surface area contributed by atoms with Gasteiger partial charge in [-0.2, -0.15) is 11.8 Å². The summed E-state index contributed by atoms with van der Waals surface area (Å²) in [7, 11) is 1.61. The molecular formula is C27H27NO5S. The van der Waals surface area contributed by atoms with E-state index in [1.807, 2.05) is 48.5 Å². The highest BCUT2D eigenvalue weighted by Gasteiger charge is 2.28. The normalized spacial score (nSPS) is 13.0. The zero-order chi connectivity index (χ0) is 23.9. The largest absolute Gasteiger partial charge is 0.497 e. The van der Waals surface area contributed by atoms with Crippen molar-refractivity contribution in [2.24, 2.45) is 0 Å². The third-order valence-electron chi connectivity index (χ3n) is 5.90. The van der Waals surface area contributed by atoms with Crippen LogP contribution in [0.25, 0.3) is 11.1 Å². The number of hydrogen-bond donors (Lipinski definition) is 2. The van der Waals surface area contributed by atoms with E-state index in [1.165, 1.54) is 34.0 Å². The van der Waals surface area contributed by atoms with Gasteiger partial charge in [0.2, 0.25) is 0 Å². The average molecular weight is 478 g/mol. The Morgan fingerprint density at radius 1 is 0.971 bits per heavy atom. The average Bonchev–Trinajstić information content (AvgIpc) is 3.17. The van der Waals surface area contributed by atoms with Crippen molar-refractivity contribution >= 4 is 23.8 Å². The van der Waals surface area contributed by atoms with Crippen LogP contribution >= 0.6 is 11.8 Å². The molecule has 0 saturated carbocycles. The van der Waals surface area contributed by atoms with Gasteiger partial charge in [-0.25, -0.2) is 9.59 Å². The molecule has 4 rings (SSSR count). The SMILES string of the molecule is COc1ccc(CSC[C@@H](NC(=O)OCCC2c3ccccc3-c3ccccc32)C(=O)O)cc1. The first-order valence-electron chi connectivity index (χ1n) is 11.1. The molecule has 34 heavy (non-hydrogen) atoms. The fraction of sp³-hybridized carbons (Fsp3) is 0.259. The van der Waals surface area contributed by atoms with Crippen LogP contribution in [0.5, 0.6) is 5.75 Å². The van der Waals surface area contributed by atoms with Crippen molar-refractivity contribution in [1.82, 2.24) is 5.32 Å². The van der Waals surface area contributed by atoms with E-state index in [1.54, 1.807) is 7.11 Å². The lowest BCUT2D eigenvalue weighted by Gasteiger charge is -2.16. The van der Waals surface area contributed by atoms with Gasteiger partial charge in [-0.05, 0) is 46.4 Å². The summed E-state index contributed by atoms with van der Waals surface area (Å²) in [6.07, 6.45) is -0.0807. The number of hydrogen-bond acceptors (Lipinski definition) is 5. The third kappa shape index (κ3) is 5.54. The van der Waals surface area contributed by atoms with Gasteiger partial charge in [0.25, 0.3) is 0 Å². The van der Waals surface area contributed by atoms with Crippen LogP contribution in [0, 0.1) is 0 Å². The Kier molecular flexibility index (Phi) is 7.75. The zero-order valence-electron chi connectivity index (χ0n) is 18.9. The fourth-order valence-electron chi connectivity index (χ4n) is 4.22. The molecule has 6 nitrogen and oxygen atoms in total. The van der Waals surface area contributed by atoms with Crippen LogP contribution in [0.1, 0.15) is 29.0 Å². The number of carboxylic acids is 1.